The molecular formula is C17H12O9. The van der Waals surface area contributed by atoms with Crippen molar-refractivity contribution in [3.8, 4) is 0 Å². The van der Waals surface area contributed by atoms with E-state index in [1.807, 2.05) is 0 Å². The Labute approximate surface area is 145 Å². The van der Waals surface area contributed by atoms with Gasteiger partial charge in [-0.2, -0.15) is 0 Å². The summed E-state index contributed by atoms with van der Waals surface area (Å²) in [6.07, 6.45) is 2.47. The number of hydrogen-bond donors (Lipinski definition) is 4. The van der Waals surface area contributed by atoms with Crippen molar-refractivity contribution in [1.82, 2.24) is 0 Å². The van der Waals surface area contributed by atoms with Crippen molar-refractivity contribution in [3.05, 3.63) is 58.7 Å². The fraction of sp³-hybridized carbons (Fsp3) is 0.118. The number of carbonyl (C=O) groups is 5. The molecule has 0 heterocycles. The van der Waals surface area contributed by atoms with E-state index >= 15 is 0 Å². The number of carboxylic acid groups (broad SMARTS) is 4. The SMILES string of the molecule is O=C(O)c1cccc(C(=O)C2=CC=CC(C(=O)O)(C(=O)O)C2)c1C(=O)O. The third-order valence-electron chi connectivity index (χ3n) is 3.96. The van der Waals surface area contributed by atoms with Crippen LogP contribution in [0.1, 0.15) is 37.5 Å². The van der Waals surface area contributed by atoms with Gasteiger partial charge in [0.25, 0.3) is 0 Å². The molecule has 0 radical (unpaired) electrons. The zero-order chi connectivity index (χ0) is 19.6. The molecule has 134 valence electrons. The molecule has 1 aliphatic carbocycles. The lowest BCUT2D eigenvalue weighted by Crippen LogP contribution is -2.39. The van der Waals surface area contributed by atoms with Gasteiger partial charge in [-0.3, -0.25) is 14.4 Å². The van der Waals surface area contributed by atoms with E-state index in [2.05, 4.69) is 0 Å². The summed E-state index contributed by atoms with van der Waals surface area (Å²) in [4.78, 5) is 58.1. The second-order valence-corrected chi connectivity index (χ2v) is 5.48. The highest BCUT2D eigenvalue weighted by atomic mass is 16.4. The summed E-state index contributed by atoms with van der Waals surface area (Å²) in [5, 5.41) is 36.9. The van der Waals surface area contributed by atoms with Crippen molar-refractivity contribution in [2.75, 3.05) is 0 Å². The Morgan fingerprint density at radius 3 is 1.92 bits per heavy atom. The van der Waals surface area contributed by atoms with Crippen LogP contribution in [-0.4, -0.2) is 50.1 Å². The molecule has 9 nitrogen and oxygen atoms in total. The fourth-order valence-corrected chi connectivity index (χ4v) is 2.61. The van der Waals surface area contributed by atoms with E-state index in [4.69, 9.17) is 5.11 Å². The first-order valence-corrected chi connectivity index (χ1v) is 7.11. The van der Waals surface area contributed by atoms with Crippen molar-refractivity contribution in [2.24, 2.45) is 5.41 Å². The predicted octanol–water partition coefficient (Wildman–Crippen LogP) is 1.31. The second kappa shape index (κ2) is 6.63. The topological polar surface area (TPSA) is 166 Å². The van der Waals surface area contributed by atoms with E-state index in [9.17, 15) is 39.3 Å². The smallest absolute Gasteiger partial charge is 0.337 e. The maximum atomic E-state index is 12.7. The minimum absolute atomic E-state index is 0.262. The first kappa shape index (κ1) is 18.6. The molecule has 0 saturated heterocycles. The largest absolute Gasteiger partial charge is 0.480 e. The van der Waals surface area contributed by atoms with Crippen LogP contribution in [0.4, 0.5) is 0 Å². The van der Waals surface area contributed by atoms with E-state index in [1.165, 1.54) is 12.1 Å². The molecule has 1 aromatic rings. The number of benzene rings is 1. The number of hydrogen-bond acceptors (Lipinski definition) is 5. The Kier molecular flexibility index (Phi) is 4.74. The normalized spacial score (nSPS) is 15.0. The third-order valence-corrected chi connectivity index (χ3v) is 3.96. The van der Waals surface area contributed by atoms with E-state index in [0.29, 0.717) is 0 Å². The summed E-state index contributed by atoms with van der Waals surface area (Å²) in [6, 6.07) is 3.26. The molecule has 1 aliphatic rings. The molecule has 1 aromatic carbocycles. The lowest BCUT2D eigenvalue weighted by atomic mass is 9.76. The van der Waals surface area contributed by atoms with Crippen molar-refractivity contribution < 1.29 is 44.4 Å². The number of carboxylic acids is 4. The lowest BCUT2D eigenvalue weighted by molar-refractivity contribution is -0.160. The van der Waals surface area contributed by atoms with Crippen molar-refractivity contribution in [2.45, 2.75) is 6.42 Å². The Hall–Kier alpha value is -3.75. The van der Waals surface area contributed by atoms with Crippen LogP contribution in [0.2, 0.25) is 0 Å². The predicted molar refractivity (Wildman–Crippen MR) is 84.2 cm³/mol. The molecule has 0 bridgehead atoms. The molecular weight excluding hydrogens is 348 g/mol. The van der Waals surface area contributed by atoms with Gasteiger partial charge in [0.15, 0.2) is 11.2 Å². The number of carbonyl (C=O) groups excluding carboxylic acids is 1. The van der Waals surface area contributed by atoms with Crippen LogP contribution in [0.25, 0.3) is 0 Å². The first-order valence-electron chi connectivity index (χ1n) is 7.11. The number of aromatic carboxylic acids is 2. The average Bonchev–Trinajstić information content (AvgIpc) is 2.59. The number of Topliss-reactive ketones (excluding diaryl/α,β-unsaturated/α-hetero) is 1. The molecule has 0 amide bonds. The van der Waals surface area contributed by atoms with Gasteiger partial charge in [-0.05, 0) is 6.07 Å². The standard InChI is InChI=1S/C17H12O9/c18-12(8-3-2-6-17(7-8,15(23)24)16(25)26)9-4-1-5-10(13(19)20)11(9)14(21)22/h1-6H,7H2,(H,19,20)(H,21,22)(H,23,24)(H,25,26). The summed E-state index contributed by atoms with van der Waals surface area (Å²) < 4.78 is 0. The number of ketones is 1. The highest BCUT2D eigenvalue weighted by Crippen LogP contribution is 2.34. The number of rotatable bonds is 6. The van der Waals surface area contributed by atoms with Crippen molar-refractivity contribution in [1.29, 1.82) is 0 Å². The molecule has 0 atom stereocenters. The van der Waals surface area contributed by atoms with E-state index in [-0.39, 0.29) is 5.57 Å². The quantitative estimate of drug-likeness (QED) is 0.432. The third kappa shape index (κ3) is 2.97. The molecule has 9 heteroatoms. The molecule has 0 unspecified atom stereocenters. The van der Waals surface area contributed by atoms with Gasteiger partial charge in [0.05, 0.1) is 11.1 Å². The maximum Gasteiger partial charge on any atom is 0.337 e. The molecule has 2 rings (SSSR count). The summed E-state index contributed by atoms with van der Waals surface area (Å²) in [7, 11) is 0. The van der Waals surface area contributed by atoms with Gasteiger partial charge in [-0.25, -0.2) is 9.59 Å². The molecule has 0 saturated carbocycles. The molecule has 0 fully saturated rings. The van der Waals surface area contributed by atoms with Gasteiger partial charge in [-0.1, -0.05) is 30.4 Å². The zero-order valence-corrected chi connectivity index (χ0v) is 13.0. The van der Waals surface area contributed by atoms with Crippen LogP contribution < -0.4 is 0 Å². The lowest BCUT2D eigenvalue weighted by Gasteiger charge is -2.25. The van der Waals surface area contributed by atoms with Crippen LogP contribution in [0.5, 0.6) is 0 Å². The Balaban J connectivity index is 2.56. The number of allylic oxidation sites excluding steroid dienone is 3. The van der Waals surface area contributed by atoms with Gasteiger partial charge >= 0.3 is 23.9 Å². The highest BCUT2D eigenvalue weighted by molar-refractivity contribution is 6.18. The summed E-state index contributed by atoms with van der Waals surface area (Å²) >= 11 is 0. The summed E-state index contributed by atoms with van der Waals surface area (Å²) in [5.74, 6) is -7.53. The Bertz CT molecular complexity index is 891. The van der Waals surface area contributed by atoms with Gasteiger partial charge in [0.1, 0.15) is 0 Å². The van der Waals surface area contributed by atoms with Crippen LogP contribution in [-0.2, 0) is 9.59 Å². The van der Waals surface area contributed by atoms with E-state index in [0.717, 1.165) is 24.3 Å². The van der Waals surface area contributed by atoms with Crippen molar-refractivity contribution >= 4 is 29.7 Å². The zero-order valence-electron chi connectivity index (χ0n) is 13.0. The molecule has 0 aromatic heterocycles. The van der Waals surface area contributed by atoms with Crippen LogP contribution in [0.15, 0.2) is 42.0 Å². The van der Waals surface area contributed by atoms with Crippen LogP contribution in [0.3, 0.4) is 0 Å². The van der Waals surface area contributed by atoms with Crippen molar-refractivity contribution in [3.63, 3.8) is 0 Å². The molecule has 0 aliphatic heterocycles. The minimum atomic E-state index is -2.37. The monoisotopic (exact) mass is 360 g/mol. The van der Waals surface area contributed by atoms with E-state index < -0.39 is 58.2 Å². The van der Waals surface area contributed by atoms with Crippen LogP contribution in [0, 0.1) is 5.41 Å². The van der Waals surface area contributed by atoms with Gasteiger partial charge in [0.2, 0.25) is 0 Å². The molecule has 26 heavy (non-hydrogen) atoms. The average molecular weight is 360 g/mol. The first-order chi connectivity index (χ1) is 12.1. The summed E-state index contributed by atoms with van der Waals surface area (Å²) in [5.41, 5.74) is -4.46. The van der Waals surface area contributed by atoms with Gasteiger partial charge in [-0.15, -0.1) is 0 Å². The fourth-order valence-electron chi connectivity index (χ4n) is 2.61. The highest BCUT2D eigenvalue weighted by Gasteiger charge is 2.47. The Morgan fingerprint density at radius 2 is 1.42 bits per heavy atom. The molecule has 0 spiro atoms. The van der Waals surface area contributed by atoms with Crippen LogP contribution >= 0.6 is 0 Å². The Morgan fingerprint density at radius 1 is 0.846 bits per heavy atom. The second-order valence-electron chi connectivity index (χ2n) is 5.48. The van der Waals surface area contributed by atoms with Gasteiger partial charge < -0.3 is 20.4 Å². The summed E-state index contributed by atoms with van der Waals surface area (Å²) in [6.45, 7) is 0. The molecule has 4 N–H and O–H groups in total. The van der Waals surface area contributed by atoms with E-state index in [1.54, 1.807) is 0 Å². The maximum absolute atomic E-state index is 12.7. The minimum Gasteiger partial charge on any atom is -0.480 e. The number of aliphatic carboxylic acids is 2. The van der Waals surface area contributed by atoms with Gasteiger partial charge in [0, 0.05) is 17.6 Å².